The van der Waals surface area contributed by atoms with E-state index in [2.05, 4.69) is 40.3 Å². The third-order valence-corrected chi connectivity index (χ3v) is 3.52. The summed E-state index contributed by atoms with van der Waals surface area (Å²) in [5, 5.41) is 13.1. The van der Waals surface area contributed by atoms with Crippen LogP contribution in [0.5, 0.6) is 0 Å². The maximum Gasteiger partial charge on any atom is 0.185 e. The van der Waals surface area contributed by atoms with Gasteiger partial charge in [0.25, 0.3) is 0 Å². The molecular formula is C17H13N5. The summed E-state index contributed by atoms with van der Waals surface area (Å²) >= 11 is 0. The zero-order valence-electron chi connectivity index (χ0n) is 12.0. The summed E-state index contributed by atoms with van der Waals surface area (Å²) in [6.07, 6.45) is 3.47. The summed E-state index contributed by atoms with van der Waals surface area (Å²) < 4.78 is 1.77. The maximum atomic E-state index is 4.69. The van der Waals surface area contributed by atoms with Crippen molar-refractivity contribution in [2.45, 2.75) is 6.92 Å². The van der Waals surface area contributed by atoms with E-state index in [4.69, 9.17) is 5.10 Å². The van der Waals surface area contributed by atoms with Crippen molar-refractivity contribution < 1.29 is 0 Å². The van der Waals surface area contributed by atoms with Crippen molar-refractivity contribution in [3.63, 3.8) is 0 Å². The van der Waals surface area contributed by atoms with E-state index in [0.717, 1.165) is 22.5 Å². The fourth-order valence-corrected chi connectivity index (χ4v) is 2.43. The molecule has 0 saturated heterocycles. The second-order valence-corrected chi connectivity index (χ2v) is 5.12. The lowest BCUT2D eigenvalue weighted by Crippen LogP contribution is -1.97. The predicted octanol–water partition coefficient (Wildman–Crippen LogP) is 3.16. The molecular weight excluding hydrogens is 274 g/mol. The molecule has 5 heteroatoms. The standard InChI is InChI=1S/C17H13N5/c1-12-3-2-4-14(11-12)15-5-6-16-19-20-17(22(16)21-15)13-7-9-18-10-8-13/h2-11H,1H3. The van der Waals surface area contributed by atoms with E-state index < -0.39 is 0 Å². The molecule has 0 radical (unpaired) electrons. The normalized spacial score (nSPS) is 11.0. The van der Waals surface area contributed by atoms with Crippen LogP contribution in [0.25, 0.3) is 28.3 Å². The molecule has 0 atom stereocenters. The topological polar surface area (TPSA) is 56.0 Å². The molecule has 1 aromatic carbocycles. The number of hydrogen-bond donors (Lipinski definition) is 0. The van der Waals surface area contributed by atoms with Gasteiger partial charge < -0.3 is 0 Å². The van der Waals surface area contributed by atoms with E-state index in [9.17, 15) is 0 Å². The Kier molecular flexibility index (Phi) is 2.89. The Balaban J connectivity index is 1.90. The highest BCUT2D eigenvalue weighted by Gasteiger charge is 2.10. The molecule has 0 aliphatic rings. The monoisotopic (exact) mass is 287 g/mol. The minimum Gasteiger partial charge on any atom is -0.265 e. The number of hydrogen-bond acceptors (Lipinski definition) is 4. The largest absolute Gasteiger partial charge is 0.265 e. The van der Waals surface area contributed by atoms with E-state index in [1.54, 1.807) is 16.9 Å². The average Bonchev–Trinajstić information content (AvgIpc) is 2.99. The van der Waals surface area contributed by atoms with Gasteiger partial charge in [-0.2, -0.15) is 9.61 Å². The first kappa shape index (κ1) is 12.6. The van der Waals surface area contributed by atoms with Gasteiger partial charge in [0.15, 0.2) is 11.5 Å². The SMILES string of the molecule is Cc1cccc(-c2ccc3nnc(-c4ccncc4)n3n2)c1. The molecule has 0 aliphatic carbocycles. The maximum absolute atomic E-state index is 4.69. The minimum atomic E-state index is 0.715. The van der Waals surface area contributed by atoms with Crippen LogP contribution in [-0.4, -0.2) is 24.8 Å². The van der Waals surface area contributed by atoms with Crippen LogP contribution in [0.4, 0.5) is 0 Å². The summed E-state index contributed by atoms with van der Waals surface area (Å²) in [6.45, 7) is 2.07. The van der Waals surface area contributed by atoms with Gasteiger partial charge in [0.1, 0.15) is 0 Å². The average molecular weight is 287 g/mol. The number of pyridine rings is 1. The van der Waals surface area contributed by atoms with Crippen LogP contribution in [0.3, 0.4) is 0 Å². The van der Waals surface area contributed by atoms with Gasteiger partial charge in [0.05, 0.1) is 5.69 Å². The molecule has 3 heterocycles. The van der Waals surface area contributed by atoms with E-state index in [0.29, 0.717) is 5.82 Å². The lowest BCUT2D eigenvalue weighted by Gasteiger charge is -2.04. The summed E-state index contributed by atoms with van der Waals surface area (Å²) in [5.74, 6) is 0.715. The summed E-state index contributed by atoms with van der Waals surface area (Å²) in [5.41, 5.74) is 4.85. The van der Waals surface area contributed by atoms with Crippen LogP contribution in [-0.2, 0) is 0 Å². The first-order valence-corrected chi connectivity index (χ1v) is 7.01. The van der Waals surface area contributed by atoms with Crippen molar-refractivity contribution in [1.29, 1.82) is 0 Å². The van der Waals surface area contributed by atoms with Crippen LogP contribution in [0, 0.1) is 6.92 Å². The Hall–Kier alpha value is -3.08. The van der Waals surface area contributed by atoms with E-state index in [-0.39, 0.29) is 0 Å². The zero-order chi connectivity index (χ0) is 14.9. The lowest BCUT2D eigenvalue weighted by molar-refractivity contribution is 0.941. The summed E-state index contributed by atoms with van der Waals surface area (Å²) in [7, 11) is 0. The van der Waals surface area contributed by atoms with Crippen molar-refractivity contribution >= 4 is 5.65 Å². The smallest absolute Gasteiger partial charge is 0.185 e. The van der Waals surface area contributed by atoms with Gasteiger partial charge in [-0.15, -0.1) is 10.2 Å². The van der Waals surface area contributed by atoms with Gasteiger partial charge in [-0.1, -0.05) is 23.8 Å². The van der Waals surface area contributed by atoms with Crippen molar-refractivity contribution in [2.75, 3.05) is 0 Å². The second kappa shape index (κ2) is 5.04. The molecule has 4 aromatic rings. The van der Waals surface area contributed by atoms with Gasteiger partial charge in [-0.3, -0.25) is 4.98 Å². The first-order chi connectivity index (χ1) is 10.8. The highest BCUT2D eigenvalue weighted by molar-refractivity contribution is 5.63. The van der Waals surface area contributed by atoms with Crippen LogP contribution in [0.2, 0.25) is 0 Å². The molecule has 0 spiro atoms. The van der Waals surface area contributed by atoms with Gasteiger partial charge in [0.2, 0.25) is 0 Å². The molecule has 0 saturated carbocycles. The Labute approximate surface area is 127 Å². The zero-order valence-corrected chi connectivity index (χ0v) is 12.0. The minimum absolute atomic E-state index is 0.715. The molecule has 3 aromatic heterocycles. The third-order valence-electron chi connectivity index (χ3n) is 3.52. The third kappa shape index (κ3) is 2.13. The Bertz CT molecular complexity index is 944. The molecule has 0 N–H and O–H groups in total. The van der Waals surface area contributed by atoms with Gasteiger partial charge in [-0.05, 0) is 37.3 Å². The summed E-state index contributed by atoms with van der Waals surface area (Å²) in [6, 6.07) is 16.0. The quantitative estimate of drug-likeness (QED) is 0.568. The van der Waals surface area contributed by atoms with Crippen molar-refractivity contribution in [3.05, 3.63) is 66.5 Å². The van der Waals surface area contributed by atoms with Gasteiger partial charge in [-0.25, -0.2) is 0 Å². The number of benzene rings is 1. The Morgan fingerprint density at radius 1 is 0.864 bits per heavy atom. The van der Waals surface area contributed by atoms with Crippen molar-refractivity contribution in [3.8, 4) is 22.6 Å². The molecule has 0 amide bonds. The van der Waals surface area contributed by atoms with E-state index >= 15 is 0 Å². The summed E-state index contributed by atoms with van der Waals surface area (Å²) in [4.78, 5) is 4.03. The fraction of sp³-hybridized carbons (Fsp3) is 0.0588. The number of aryl methyl sites for hydroxylation is 1. The fourth-order valence-electron chi connectivity index (χ4n) is 2.43. The number of aromatic nitrogens is 5. The first-order valence-electron chi connectivity index (χ1n) is 7.01. The molecule has 0 bridgehead atoms. The van der Waals surface area contributed by atoms with E-state index in [1.807, 2.05) is 30.3 Å². The van der Waals surface area contributed by atoms with E-state index in [1.165, 1.54) is 5.56 Å². The number of rotatable bonds is 2. The van der Waals surface area contributed by atoms with Crippen LogP contribution >= 0.6 is 0 Å². The Morgan fingerprint density at radius 3 is 2.55 bits per heavy atom. The second-order valence-electron chi connectivity index (χ2n) is 5.12. The molecule has 0 fully saturated rings. The molecule has 106 valence electrons. The predicted molar refractivity (Wildman–Crippen MR) is 84.2 cm³/mol. The molecule has 22 heavy (non-hydrogen) atoms. The van der Waals surface area contributed by atoms with Crippen LogP contribution in [0.1, 0.15) is 5.56 Å². The number of nitrogens with zero attached hydrogens (tertiary/aromatic N) is 5. The molecule has 0 aliphatic heterocycles. The van der Waals surface area contributed by atoms with Gasteiger partial charge >= 0.3 is 0 Å². The lowest BCUT2D eigenvalue weighted by atomic mass is 10.1. The van der Waals surface area contributed by atoms with Gasteiger partial charge in [0, 0.05) is 23.5 Å². The molecule has 0 unspecified atom stereocenters. The van der Waals surface area contributed by atoms with Crippen molar-refractivity contribution in [1.82, 2.24) is 24.8 Å². The molecule has 5 nitrogen and oxygen atoms in total. The highest BCUT2D eigenvalue weighted by Crippen LogP contribution is 2.21. The Morgan fingerprint density at radius 2 is 1.73 bits per heavy atom. The van der Waals surface area contributed by atoms with Crippen molar-refractivity contribution in [2.24, 2.45) is 0 Å². The molecule has 4 rings (SSSR count). The number of fused-ring (bicyclic) bond motifs is 1. The van der Waals surface area contributed by atoms with Crippen LogP contribution < -0.4 is 0 Å². The van der Waals surface area contributed by atoms with Crippen LogP contribution in [0.15, 0.2) is 60.9 Å². The highest BCUT2D eigenvalue weighted by atomic mass is 15.4.